The number of carboxylic acids is 1. The first-order chi connectivity index (χ1) is 17.9. The summed E-state index contributed by atoms with van der Waals surface area (Å²) in [6, 6.07) is 4.93. The Morgan fingerprint density at radius 2 is 1.76 bits per heavy atom. The molecule has 2 amide bonds. The lowest BCUT2D eigenvalue weighted by Crippen LogP contribution is -2.50. The van der Waals surface area contributed by atoms with E-state index in [0.717, 1.165) is 19.3 Å². The Kier molecular flexibility index (Phi) is 7.27. The molecule has 1 aromatic rings. The van der Waals surface area contributed by atoms with Gasteiger partial charge in [-0.1, -0.05) is 0 Å². The Labute approximate surface area is 216 Å². The molecule has 0 aliphatic heterocycles. The molecule has 3 N–H and O–H groups in total. The largest absolute Gasteiger partial charge is 0.496 e. The van der Waals surface area contributed by atoms with Gasteiger partial charge in [-0.2, -0.15) is 5.26 Å². The van der Waals surface area contributed by atoms with Gasteiger partial charge < -0.3 is 25.2 Å². The molecule has 2 bridgehead atoms. The molecule has 4 atom stereocenters. The van der Waals surface area contributed by atoms with E-state index in [9.17, 15) is 24.8 Å². The first kappa shape index (κ1) is 25.4. The number of hydrogen-bond acceptors (Lipinski definition) is 6. The van der Waals surface area contributed by atoms with E-state index in [4.69, 9.17) is 9.47 Å². The van der Waals surface area contributed by atoms with Crippen LogP contribution in [-0.2, 0) is 9.59 Å². The van der Waals surface area contributed by atoms with Crippen molar-refractivity contribution in [3.63, 3.8) is 0 Å². The van der Waals surface area contributed by atoms with E-state index in [2.05, 4.69) is 16.7 Å². The lowest BCUT2D eigenvalue weighted by molar-refractivity contribution is -0.143. The van der Waals surface area contributed by atoms with Crippen LogP contribution >= 0.6 is 0 Å². The van der Waals surface area contributed by atoms with Gasteiger partial charge in [-0.3, -0.25) is 14.4 Å². The summed E-state index contributed by atoms with van der Waals surface area (Å²) in [5.41, 5.74) is 0.515. The summed E-state index contributed by atoms with van der Waals surface area (Å²) in [6.07, 6.45) is 7.24. The number of methoxy groups -OCH3 is 1. The number of carbonyl (C=O) groups is 3. The number of nitriles is 1. The normalized spacial score (nSPS) is 30.3. The van der Waals surface area contributed by atoms with Gasteiger partial charge in [0.2, 0.25) is 5.91 Å². The van der Waals surface area contributed by atoms with Crippen LogP contribution in [0.1, 0.15) is 73.7 Å². The van der Waals surface area contributed by atoms with E-state index < -0.39 is 5.97 Å². The molecule has 1 aromatic carbocycles. The minimum atomic E-state index is -0.792. The molecule has 4 aliphatic carbocycles. The molecule has 4 unspecified atom stereocenters. The zero-order chi connectivity index (χ0) is 26.1. The molecule has 4 saturated carbocycles. The second kappa shape index (κ2) is 10.6. The monoisotopic (exact) mass is 509 g/mol. The zero-order valence-electron chi connectivity index (χ0n) is 21.2. The number of nitrogens with zero attached hydrogens (tertiary/aromatic N) is 1. The number of nitrogens with one attached hydrogen (secondary N) is 2. The molecule has 4 aliphatic rings. The van der Waals surface area contributed by atoms with E-state index in [1.165, 1.54) is 26.0 Å². The van der Waals surface area contributed by atoms with Crippen molar-refractivity contribution in [3.05, 3.63) is 23.3 Å². The van der Waals surface area contributed by atoms with Crippen molar-refractivity contribution < 1.29 is 29.0 Å². The summed E-state index contributed by atoms with van der Waals surface area (Å²) in [5, 5.41) is 25.2. The molecule has 5 rings (SSSR count). The molecule has 0 saturated heterocycles. The number of carbonyl (C=O) groups excluding carboxylic acids is 2. The van der Waals surface area contributed by atoms with Crippen LogP contribution in [0.15, 0.2) is 12.1 Å². The maximum absolute atomic E-state index is 13.5. The minimum Gasteiger partial charge on any atom is -0.496 e. The van der Waals surface area contributed by atoms with Crippen molar-refractivity contribution in [2.45, 2.75) is 69.9 Å². The zero-order valence-corrected chi connectivity index (χ0v) is 21.2. The number of rotatable bonds is 9. The number of fused-ring (bicyclic) bond motifs is 2. The van der Waals surface area contributed by atoms with Crippen molar-refractivity contribution in [1.82, 2.24) is 10.6 Å². The van der Waals surface area contributed by atoms with Crippen molar-refractivity contribution >= 4 is 17.8 Å². The molecule has 9 heteroatoms. The fourth-order valence-corrected chi connectivity index (χ4v) is 6.49. The van der Waals surface area contributed by atoms with Gasteiger partial charge in [0, 0.05) is 18.7 Å². The fraction of sp³-hybridized carbons (Fsp3) is 0.643. The number of benzene rings is 1. The number of hydrogen-bond donors (Lipinski definition) is 3. The number of aliphatic carboxylic acids is 1. The van der Waals surface area contributed by atoms with E-state index in [-0.39, 0.29) is 64.5 Å². The number of amides is 2. The van der Waals surface area contributed by atoms with Gasteiger partial charge in [0.15, 0.2) is 0 Å². The van der Waals surface area contributed by atoms with Crippen molar-refractivity contribution in [1.29, 1.82) is 5.26 Å². The minimum absolute atomic E-state index is 0.0391. The van der Waals surface area contributed by atoms with Crippen molar-refractivity contribution in [3.8, 4) is 17.6 Å². The Morgan fingerprint density at radius 1 is 1.03 bits per heavy atom. The van der Waals surface area contributed by atoms with Gasteiger partial charge in [-0.15, -0.1) is 0 Å². The lowest BCUT2D eigenvalue weighted by atomic mass is 9.83. The SMILES string of the molecule is COc1cc(C#N)c(OC2CCC(C(=O)O)CC2)cc1C(=O)NC1C2CCC(C2)C1C(=O)NCC1CC1. The highest BCUT2D eigenvalue weighted by Crippen LogP contribution is 2.49. The van der Waals surface area contributed by atoms with Crippen LogP contribution in [0.4, 0.5) is 0 Å². The summed E-state index contributed by atoms with van der Waals surface area (Å²) in [6.45, 7) is 0.714. The summed E-state index contributed by atoms with van der Waals surface area (Å²) < 4.78 is 11.6. The first-order valence-corrected chi connectivity index (χ1v) is 13.5. The molecule has 4 fully saturated rings. The number of ether oxygens (including phenoxy) is 2. The molecule has 0 aromatic heterocycles. The van der Waals surface area contributed by atoms with Gasteiger partial charge >= 0.3 is 5.97 Å². The second-order valence-corrected chi connectivity index (χ2v) is 11.1. The van der Waals surface area contributed by atoms with Gasteiger partial charge in [0.05, 0.1) is 36.2 Å². The van der Waals surface area contributed by atoms with Crippen LogP contribution in [0.2, 0.25) is 0 Å². The van der Waals surface area contributed by atoms with Crippen LogP contribution < -0.4 is 20.1 Å². The van der Waals surface area contributed by atoms with Gasteiger partial charge in [-0.25, -0.2) is 0 Å². The van der Waals surface area contributed by atoms with Gasteiger partial charge in [0.25, 0.3) is 5.91 Å². The molecular formula is C28H35N3O6. The topological polar surface area (TPSA) is 138 Å². The van der Waals surface area contributed by atoms with Crippen LogP contribution in [0.3, 0.4) is 0 Å². The Hall–Kier alpha value is -3.28. The third-order valence-electron chi connectivity index (χ3n) is 8.76. The van der Waals surface area contributed by atoms with E-state index >= 15 is 0 Å². The number of carboxylic acid groups (broad SMARTS) is 1. The highest BCUT2D eigenvalue weighted by molar-refractivity contribution is 5.98. The first-order valence-electron chi connectivity index (χ1n) is 13.5. The maximum Gasteiger partial charge on any atom is 0.306 e. The molecule has 0 radical (unpaired) electrons. The van der Waals surface area contributed by atoms with E-state index in [1.807, 2.05) is 0 Å². The van der Waals surface area contributed by atoms with Crippen molar-refractivity contribution in [2.75, 3.05) is 13.7 Å². The van der Waals surface area contributed by atoms with Gasteiger partial charge in [0.1, 0.15) is 17.6 Å². The highest BCUT2D eigenvalue weighted by atomic mass is 16.5. The molecule has 198 valence electrons. The Balaban J connectivity index is 1.32. The Bertz CT molecular complexity index is 1100. The molecule has 9 nitrogen and oxygen atoms in total. The van der Waals surface area contributed by atoms with E-state index in [0.29, 0.717) is 43.9 Å². The third kappa shape index (κ3) is 5.39. The molecular weight excluding hydrogens is 474 g/mol. The molecule has 0 spiro atoms. The highest BCUT2D eigenvalue weighted by Gasteiger charge is 2.51. The summed E-state index contributed by atoms with van der Waals surface area (Å²) in [7, 11) is 1.45. The average molecular weight is 510 g/mol. The summed E-state index contributed by atoms with van der Waals surface area (Å²) in [5.74, 6) is 0.0148. The second-order valence-electron chi connectivity index (χ2n) is 11.1. The smallest absolute Gasteiger partial charge is 0.306 e. The van der Waals surface area contributed by atoms with Crippen LogP contribution in [-0.4, -0.2) is 48.7 Å². The summed E-state index contributed by atoms with van der Waals surface area (Å²) >= 11 is 0. The van der Waals surface area contributed by atoms with Crippen LogP contribution in [0, 0.1) is 40.9 Å². The average Bonchev–Trinajstić information content (AvgIpc) is 3.52. The standard InChI is InChI=1S/C28H35N3O6/c1-36-23-11-19(13-29)22(37-20-8-6-16(7-9-20)28(34)35)12-21(23)26(32)31-25-18-5-4-17(10-18)24(25)27(33)30-14-15-2-3-15/h11-12,15-18,20,24-25H,2-10,14H2,1H3,(H,30,33)(H,31,32)(H,34,35). The molecule has 37 heavy (non-hydrogen) atoms. The predicted molar refractivity (Wildman–Crippen MR) is 133 cm³/mol. The van der Waals surface area contributed by atoms with Crippen LogP contribution in [0.25, 0.3) is 0 Å². The third-order valence-corrected chi connectivity index (χ3v) is 8.76. The van der Waals surface area contributed by atoms with E-state index in [1.54, 1.807) is 6.07 Å². The predicted octanol–water partition coefficient (Wildman–Crippen LogP) is 3.26. The van der Waals surface area contributed by atoms with Crippen molar-refractivity contribution in [2.24, 2.45) is 29.6 Å². The summed E-state index contributed by atoms with van der Waals surface area (Å²) in [4.78, 5) is 37.9. The molecule has 0 heterocycles. The Morgan fingerprint density at radius 3 is 2.41 bits per heavy atom. The lowest BCUT2D eigenvalue weighted by Gasteiger charge is -2.31. The maximum atomic E-state index is 13.5. The quantitative estimate of drug-likeness (QED) is 0.464. The van der Waals surface area contributed by atoms with Crippen LogP contribution in [0.5, 0.6) is 11.5 Å². The van der Waals surface area contributed by atoms with Gasteiger partial charge in [-0.05, 0) is 81.6 Å². The fourth-order valence-electron chi connectivity index (χ4n) is 6.49.